The van der Waals surface area contributed by atoms with Gasteiger partial charge in [0.15, 0.2) is 0 Å². The molecule has 2 rings (SSSR count). The topological polar surface area (TPSA) is 0 Å². The molecule has 0 nitrogen and oxygen atoms in total. The molecule has 0 radical (unpaired) electrons. The van der Waals surface area contributed by atoms with Crippen LogP contribution < -0.4 is 0 Å². The van der Waals surface area contributed by atoms with Gasteiger partial charge >= 0.3 is 0 Å². The van der Waals surface area contributed by atoms with Crippen LogP contribution in [0.25, 0.3) is 5.57 Å². The molecule has 1 aromatic carbocycles. The van der Waals surface area contributed by atoms with Gasteiger partial charge in [0.2, 0.25) is 0 Å². The molecule has 0 heterocycles. The Morgan fingerprint density at radius 3 is 2.93 bits per heavy atom. The number of benzene rings is 1. The molecule has 1 aliphatic carbocycles. The number of fused-ring (bicyclic) bond motifs is 1. The van der Waals surface area contributed by atoms with Crippen LogP contribution in [0.2, 0.25) is 0 Å². The van der Waals surface area contributed by atoms with E-state index in [0.29, 0.717) is 5.92 Å². The zero-order valence-corrected chi connectivity index (χ0v) is 8.66. The van der Waals surface area contributed by atoms with Crippen LogP contribution in [-0.2, 0) is 6.42 Å². The van der Waals surface area contributed by atoms with Crippen LogP contribution in [0.3, 0.4) is 0 Å². The molecule has 1 aliphatic rings. The Balaban J connectivity index is 2.45. The van der Waals surface area contributed by atoms with Gasteiger partial charge in [-0.2, -0.15) is 0 Å². The zero-order valence-electron chi connectivity index (χ0n) is 8.66. The first-order chi connectivity index (χ1) is 6.83. The molecular weight excluding hydrogens is 168 g/mol. The van der Waals surface area contributed by atoms with E-state index in [1.165, 1.54) is 29.5 Å². The summed E-state index contributed by atoms with van der Waals surface area (Å²) >= 11 is 0. The lowest BCUT2D eigenvalue weighted by atomic mass is 9.84. The van der Waals surface area contributed by atoms with Gasteiger partial charge in [-0.25, -0.2) is 0 Å². The Labute approximate surface area is 86.0 Å². The minimum absolute atomic E-state index is 0.469. The Kier molecular flexibility index (Phi) is 2.53. The summed E-state index contributed by atoms with van der Waals surface area (Å²) in [6.45, 7) is 6.08. The average molecular weight is 184 g/mol. The second-order valence-corrected chi connectivity index (χ2v) is 3.88. The second-order valence-electron chi connectivity index (χ2n) is 3.88. The number of allylic oxidation sites excluding steroid dienone is 3. The lowest BCUT2D eigenvalue weighted by Crippen LogP contribution is -2.04. The fourth-order valence-corrected chi connectivity index (χ4v) is 2.07. The van der Waals surface area contributed by atoms with Crippen molar-refractivity contribution < 1.29 is 0 Å². The van der Waals surface area contributed by atoms with E-state index < -0.39 is 0 Å². The summed E-state index contributed by atoms with van der Waals surface area (Å²) in [5, 5.41) is 0. The molecule has 1 aromatic rings. The monoisotopic (exact) mass is 184 g/mol. The van der Waals surface area contributed by atoms with E-state index in [1.54, 1.807) is 0 Å². The summed E-state index contributed by atoms with van der Waals surface area (Å²) < 4.78 is 0. The van der Waals surface area contributed by atoms with E-state index in [2.05, 4.69) is 43.8 Å². The molecule has 0 spiro atoms. The van der Waals surface area contributed by atoms with E-state index >= 15 is 0 Å². The molecule has 14 heavy (non-hydrogen) atoms. The third kappa shape index (κ3) is 1.52. The highest BCUT2D eigenvalue weighted by molar-refractivity contribution is 5.72. The fourth-order valence-electron chi connectivity index (χ4n) is 2.07. The first-order valence-corrected chi connectivity index (χ1v) is 5.24. The molecule has 0 heteroatoms. The van der Waals surface area contributed by atoms with E-state index in [9.17, 15) is 0 Å². The Morgan fingerprint density at radius 1 is 1.36 bits per heavy atom. The van der Waals surface area contributed by atoms with Crippen molar-refractivity contribution in [3.8, 4) is 0 Å². The summed E-state index contributed by atoms with van der Waals surface area (Å²) in [5.74, 6) is 0.469. The quantitative estimate of drug-likeness (QED) is 0.613. The lowest BCUT2D eigenvalue weighted by molar-refractivity contribution is 0.903. The molecule has 0 amide bonds. The van der Waals surface area contributed by atoms with E-state index in [4.69, 9.17) is 0 Å². The van der Waals surface area contributed by atoms with Crippen molar-refractivity contribution in [3.63, 3.8) is 0 Å². The number of rotatable bonds is 2. The lowest BCUT2D eigenvalue weighted by Gasteiger charge is -2.20. The van der Waals surface area contributed by atoms with Crippen LogP contribution in [-0.4, -0.2) is 0 Å². The number of aryl methyl sites for hydroxylation is 1. The van der Waals surface area contributed by atoms with Crippen LogP contribution in [0.1, 0.15) is 24.5 Å². The first-order valence-electron chi connectivity index (χ1n) is 5.24. The predicted molar refractivity (Wildman–Crippen MR) is 62.1 cm³/mol. The SMILES string of the molecule is C=CC(C)C1=CCCc2ccccc21. The van der Waals surface area contributed by atoms with E-state index in [-0.39, 0.29) is 0 Å². The van der Waals surface area contributed by atoms with E-state index in [0.717, 1.165) is 0 Å². The molecule has 0 fully saturated rings. The highest BCUT2D eigenvalue weighted by Crippen LogP contribution is 2.31. The summed E-state index contributed by atoms with van der Waals surface area (Å²) in [6, 6.07) is 8.70. The Morgan fingerprint density at radius 2 is 2.14 bits per heavy atom. The maximum Gasteiger partial charge on any atom is -0.00102 e. The van der Waals surface area contributed by atoms with Crippen molar-refractivity contribution in [2.75, 3.05) is 0 Å². The molecule has 72 valence electrons. The smallest absolute Gasteiger partial charge is 0.00102 e. The van der Waals surface area contributed by atoms with Crippen LogP contribution in [0.4, 0.5) is 0 Å². The number of hydrogen-bond donors (Lipinski definition) is 0. The van der Waals surface area contributed by atoms with Gasteiger partial charge in [-0.05, 0) is 35.5 Å². The van der Waals surface area contributed by atoms with Gasteiger partial charge in [0.1, 0.15) is 0 Å². The maximum atomic E-state index is 3.87. The maximum absolute atomic E-state index is 3.87. The summed E-state index contributed by atoms with van der Waals surface area (Å²) in [5.41, 5.74) is 4.35. The van der Waals surface area contributed by atoms with Crippen molar-refractivity contribution in [1.82, 2.24) is 0 Å². The van der Waals surface area contributed by atoms with Gasteiger partial charge in [-0.3, -0.25) is 0 Å². The van der Waals surface area contributed by atoms with Crippen LogP contribution in [0.5, 0.6) is 0 Å². The first kappa shape index (κ1) is 9.26. The van der Waals surface area contributed by atoms with Crippen LogP contribution in [0, 0.1) is 5.92 Å². The van der Waals surface area contributed by atoms with Crippen molar-refractivity contribution in [3.05, 3.63) is 54.1 Å². The van der Waals surface area contributed by atoms with Crippen molar-refractivity contribution in [1.29, 1.82) is 0 Å². The molecule has 0 bridgehead atoms. The molecule has 0 saturated heterocycles. The average Bonchev–Trinajstić information content (AvgIpc) is 2.27. The Bertz CT molecular complexity index is 371. The minimum atomic E-state index is 0.469. The fraction of sp³-hybridized carbons (Fsp3) is 0.286. The summed E-state index contributed by atoms with van der Waals surface area (Å²) in [6.07, 6.45) is 6.73. The van der Waals surface area contributed by atoms with Crippen molar-refractivity contribution >= 4 is 5.57 Å². The van der Waals surface area contributed by atoms with Gasteiger partial charge in [0.25, 0.3) is 0 Å². The molecule has 0 aromatic heterocycles. The van der Waals surface area contributed by atoms with Crippen molar-refractivity contribution in [2.24, 2.45) is 5.92 Å². The highest BCUT2D eigenvalue weighted by Gasteiger charge is 2.14. The molecule has 1 unspecified atom stereocenters. The molecule has 0 aliphatic heterocycles. The van der Waals surface area contributed by atoms with Gasteiger partial charge in [-0.15, -0.1) is 6.58 Å². The molecule has 0 N–H and O–H groups in total. The second kappa shape index (κ2) is 3.83. The minimum Gasteiger partial charge on any atom is -0.102 e. The molecule has 0 saturated carbocycles. The third-order valence-electron chi connectivity index (χ3n) is 2.95. The normalized spacial score (nSPS) is 16.8. The Hall–Kier alpha value is -1.30. The largest absolute Gasteiger partial charge is 0.102 e. The van der Waals surface area contributed by atoms with Crippen LogP contribution in [0.15, 0.2) is 43.0 Å². The molecular formula is C14H16. The third-order valence-corrected chi connectivity index (χ3v) is 2.95. The standard InChI is InChI=1S/C14H16/c1-3-11(2)13-10-6-8-12-7-4-5-9-14(12)13/h3-5,7,9-11H,1,6,8H2,2H3. The zero-order chi connectivity index (χ0) is 9.97. The molecule has 1 atom stereocenters. The van der Waals surface area contributed by atoms with Gasteiger partial charge in [0, 0.05) is 0 Å². The van der Waals surface area contributed by atoms with Gasteiger partial charge in [-0.1, -0.05) is 43.3 Å². The van der Waals surface area contributed by atoms with Crippen molar-refractivity contribution in [2.45, 2.75) is 19.8 Å². The van der Waals surface area contributed by atoms with Gasteiger partial charge in [0.05, 0.1) is 0 Å². The summed E-state index contributed by atoms with van der Waals surface area (Å²) in [7, 11) is 0. The summed E-state index contributed by atoms with van der Waals surface area (Å²) in [4.78, 5) is 0. The van der Waals surface area contributed by atoms with E-state index in [1.807, 2.05) is 6.08 Å². The van der Waals surface area contributed by atoms with Crippen LogP contribution >= 0.6 is 0 Å². The highest BCUT2D eigenvalue weighted by atomic mass is 14.2. The van der Waals surface area contributed by atoms with Gasteiger partial charge < -0.3 is 0 Å². The predicted octanol–water partition coefficient (Wildman–Crippen LogP) is 3.84. The number of hydrogen-bond acceptors (Lipinski definition) is 0.